The largest absolute Gasteiger partial charge is 0.493 e. The number of carbonyl (C=O) groups excluding carboxylic acids is 1. The van der Waals surface area contributed by atoms with Crippen molar-refractivity contribution in [2.24, 2.45) is 11.7 Å². The molecule has 0 amide bonds. The van der Waals surface area contributed by atoms with Crippen LogP contribution in [-0.2, 0) is 16.1 Å². The van der Waals surface area contributed by atoms with E-state index in [4.69, 9.17) is 19.9 Å². The van der Waals surface area contributed by atoms with E-state index in [1.54, 1.807) is 19.2 Å². The lowest BCUT2D eigenvalue weighted by Gasteiger charge is -2.15. The molecule has 5 heteroatoms. The number of nitrogens with two attached hydrogens (primary N) is 1. The Kier molecular flexibility index (Phi) is 3.94. The molecule has 0 aliphatic carbocycles. The number of carbonyl (C=O) groups is 1. The lowest BCUT2D eigenvalue weighted by Crippen LogP contribution is -2.20. The molecule has 3 rings (SSSR count). The molecule has 2 aliphatic rings. The van der Waals surface area contributed by atoms with Crippen molar-refractivity contribution in [2.45, 2.75) is 31.6 Å². The van der Waals surface area contributed by atoms with E-state index in [2.05, 4.69) is 6.08 Å². The van der Waals surface area contributed by atoms with Gasteiger partial charge in [0.05, 0.1) is 25.7 Å². The SMILES string of the molecule is COc1cc(CN)ccc1OC(=O)CC1CC2C=CC1O2. The number of methoxy groups -OCH3 is 1. The molecule has 1 saturated heterocycles. The van der Waals surface area contributed by atoms with Crippen molar-refractivity contribution in [3.8, 4) is 11.5 Å². The van der Waals surface area contributed by atoms with Gasteiger partial charge in [0.25, 0.3) is 0 Å². The van der Waals surface area contributed by atoms with E-state index in [1.807, 2.05) is 12.1 Å². The minimum atomic E-state index is -0.261. The Balaban J connectivity index is 1.63. The van der Waals surface area contributed by atoms with Crippen LogP contribution < -0.4 is 15.2 Å². The summed E-state index contributed by atoms with van der Waals surface area (Å²) in [6.07, 6.45) is 5.56. The summed E-state index contributed by atoms with van der Waals surface area (Å²) >= 11 is 0. The van der Waals surface area contributed by atoms with Crippen LogP contribution in [0.1, 0.15) is 18.4 Å². The first-order valence-corrected chi connectivity index (χ1v) is 7.11. The van der Waals surface area contributed by atoms with E-state index in [1.165, 1.54) is 0 Å². The Hall–Kier alpha value is -1.85. The lowest BCUT2D eigenvalue weighted by atomic mass is 9.91. The summed E-state index contributed by atoms with van der Waals surface area (Å²) in [5, 5.41) is 0. The minimum Gasteiger partial charge on any atom is -0.493 e. The molecule has 3 atom stereocenters. The summed E-state index contributed by atoms with van der Waals surface area (Å²) in [5.74, 6) is 0.903. The molecule has 2 bridgehead atoms. The summed E-state index contributed by atoms with van der Waals surface area (Å²) in [6.45, 7) is 0.416. The number of rotatable bonds is 5. The van der Waals surface area contributed by atoms with Crippen molar-refractivity contribution in [1.29, 1.82) is 0 Å². The summed E-state index contributed by atoms with van der Waals surface area (Å²) in [4.78, 5) is 12.1. The fourth-order valence-corrected chi connectivity index (χ4v) is 2.86. The predicted octanol–water partition coefficient (Wildman–Crippen LogP) is 1.79. The van der Waals surface area contributed by atoms with Gasteiger partial charge in [-0.3, -0.25) is 4.79 Å². The van der Waals surface area contributed by atoms with Gasteiger partial charge < -0.3 is 19.9 Å². The zero-order chi connectivity index (χ0) is 14.8. The zero-order valence-corrected chi connectivity index (χ0v) is 12.0. The Labute approximate surface area is 123 Å². The van der Waals surface area contributed by atoms with Crippen LogP contribution in [0.5, 0.6) is 11.5 Å². The van der Waals surface area contributed by atoms with Crippen molar-refractivity contribution in [1.82, 2.24) is 0 Å². The second kappa shape index (κ2) is 5.87. The van der Waals surface area contributed by atoms with Crippen molar-refractivity contribution < 1.29 is 19.0 Å². The number of ether oxygens (including phenoxy) is 3. The van der Waals surface area contributed by atoms with Crippen LogP contribution >= 0.6 is 0 Å². The van der Waals surface area contributed by atoms with Gasteiger partial charge in [0.1, 0.15) is 0 Å². The highest BCUT2D eigenvalue weighted by atomic mass is 16.6. The molecule has 2 aliphatic heterocycles. The average Bonchev–Trinajstić information content (AvgIpc) is 3.10. The number of hydrogen-bond acceptors (Lipinski definition) is 5. The van der Waals surface area contributed by atoms with E-state index in [-0.39, 0.29) is 24.1 Å². The molecule has 1 aromatic carbocycles. The summed E-state index contributed by atoms with van der Waals surface area (Å²) < 4.78 is 16.3. The average molecular weight is 289 g/mol. The van der Waals surface area contributed by atoms with Gasteiger partial charge in [-0.1, -0.05) is 18.2 Å². The van der Waals surface area contributed by atoms with E-state index >= 15 is 0 Å². The molecule has 0 spiro atoms. The molecule has 2 N–H and O–H groups in total. The second-order valence-corrected chi connectivity index (χ2v) is 5.39. The molecule has 0 saturated carbocycles. The Morgan fingerprint density at radius 1 is 1.38 bits per heavy atom. The first-order chi connectivity index (χ1) is 10.2. The lowest BCUT2D eigenvalue weighted by molar-refractivity contribution is -0.135. The van der Waals surface area contributed by atoms with Gasteiger partial charge in [-0.05, 0) is 24.1 Å². The van der Waals surface area contributed by atoms with Crippen LogP contribution in [0.15, 0.2) is 30.4 Å². The van der Waals surface area contributed by atoms with Crippen molar-refractivity contribution in [3.63, 3.8) is 0 Å². The third-order valence-electron chi connectivity index (χ3n) is 3.96. The molecule has 2 heterocycles. The van der Waals surface area contributed by atoms with E-state index in [0.717, 1.165) is 12.0 Å². The summed E-state index contributed by atoms with van der Waals surface area (Å²) in [7, 11) is 1.54. The van der Waals surface area contributed by atoms with Gasteiger partial charge in [-0.25, -0.2) is 0 Å². The molecule has 0 aromatic heterocycles. The summed E-state index contributed by atoms with van der Waals surface area (Å²) in [5.41, 5.74) is 6.51. The Bertz CT molecular complexity index is 569. The van der Waals surface area contributed by atoms with Crippen LogP contribution in [0, 0.1) is 5.92 Å². The van der Waals surface area contributed by atoms with Crippen LogP contribution in [0.25, 0.3) is 0 Å². The molecule has 3 unspecified atom stereocenters. The quantitative estimate of drug-likeness (QED) is 0.508. The molecule has 5 nitrogen and oxygen atoms in total. The number of fused-ring (bicyclic) bond motifs is 2. The fourth-order valence-electron chi connectivity index (χ4n) is 2.86. The zero-order valence-electron chi connectivity index (χ0n) is 12.0. The third kappa shape index (κ3) is 2.94. The highest BCUT2D eigenvalue weighted by molar-refractivity contribution is 5.73. The first kappa shape index (κ1) is 14.1. The van der Waals surface area contributed by atoms with Crippen LogP contribution in [0.2, 0.25) is 0 Å². The van der Waals surface area contributed by atoms with Crippen LogP contribution in [-0.4, -0.2) is 25.3 Å². The fraction of sp³-hybridized carbons (Fsp3) is 0.438. The molecule has 1 aromatic rings. The smallest absolute Gasteiger partial charge is 0.311 e. The van der Waals surface area contributed by atoms with E-state index in [0.29, 0.717) is 24.5 Å². The van der Waals surface area contributed by atoms with Crippen LogP contribution in [0.3, 0.4) is 0 Å². The maximum absolute atomic E-state index is 12.1. The highest BCUT2D eigenvalue weighted by Crippen LogP contribution is 2.36. The molecular weight excluding hydrogens is 270 g/mol. The monoisotopic (exact) mass is 289 g/mol. The number of hydrogen-bond donors (Lipinski definition) is 1. The Morgan fingerprint density at radius 3 is 2.86 bits per heavy atom. The van der Waals surface area contributed by atoms with Crippen molar-refractivity contribution in [3.05, 3.63) is 35.9 Å². The van der Waals surface area contributed by atoms with Crippen LogP contribution in [0.4, 0.5) is 0 Å². The number of benzene rings is 1. The van der Waals surface area contributed by atoms with Crippen molar-refractivity contribution >= 4 is 5.97 Å². The molecule has 112 valence electrons. The van der Waals surface area contributed by atoms with E-state index in [9.17, 15) is 4.79 Å². The second-order valence-electron chi connectivity index (χ2n) is 5.39. The van der Waals surface area contributed by atoms with Gasteiger partial charge in [0, 0.05) is 12.5 Å². The maximum Gasteiger partial charge on any atom is 0.311 e. The van der Waals surface area contributed by atoms with Gasteiger partial charge in [-0.2, -0.15) is 0 Å². The maximum atomic E-state index is 12.1. The predicted molar refractivity (Wildman–Crippen MR) is 77.0 cm³/mol. The standard InChI is InChI=1S/C16H19NO4/c1-19-15-6-10(9-17)2-4-14(15)21-16(18)8-11-7-12-3-5-13(11)20-12/h2-6,11-13H,7-9,17H2,1H3. The normalized spacial score (nSPS) is 26.1. The van der Waals surface area contributed by atoms with E-state index < -0.39 is 0 Å². The Morgan fingerprint density at radius 2 is 2.24 bits per heavy atom. The van der Waals surface area contributed by atoms with Gasteiger partial charge >= 0.3 is 5.97 Å². The minimum absolute atomic E-state index is 0.0593. The third-order valence-corrected chi connectivity index (χ3v) is 3.96. The number of esters is 1. The van der Waals surface area contributed by atoms with Gasteiger partial charge in [-0.15, -0.1) is 0 Å². The first-order valence-electron chi connectivity index (χ1n) is 7.11. The van der Waals surface area contributed by atoms with Gasteiger partial charge in [0.15, 0.2) is 11.5 Å². The van der Waals surface area contributed by atoms with Gasteiger partial charge in [0.2, 0.25) is 0 Å². The van der Waals surface area contributed by atoms with Crippen molar-refractivity contribution in [2.75, 3.05) is 7.11 Å². The molecule has 1 fully saturated rings. The molecule has 0 radical (unpaired) electrons. The highest BCUT2D eigenvalue weighted by Gasteiger charge is 2.38. The molecular formula is C16H19NO4. The topological polar surface area (TPSA) is 70.8 Å². The molecule has 21 heavy (non-hydrogen) atoms. The summed E-state index contributed by atoms with van der Waals surface area (Å²) in [6, 6.07) is 5.33.